The van der Waals surface area contributed by atoms with Gasteiger partial charge in [-0.2, -0.15) is 0 Å². The van der Waals surface area contributed by atoms with E-state index < -0.39 is 7.37 Å². The van der Waals surface area contributed by atoms with Crippen molar-refractivity contribution in [1.29, 1.82) is 0 Å². The first-order valence-corrected chi connectivity index (χ1v) is 7.84. The Morgan fingerprint density at radius 1 is 1.40 bits per heavy atom. The minimum absolute atomic E-state index is 0.372. The summed E-state index contributed by atoms with van der Waals surface area (Å²) in [5, 5.41) is 3.19. The van der Waals surface area contributed by atoms with Crippen LogP contribution in [-0.2, 0) is 4.57 Å². The van der Waals surface area contributed by atoms with Gasteiger partial charge in [-0.1, -0.05) is 15.9 Å². The van der Waals surface area contributed by atoms with Gasteiger partial charge in [-0.05, 0) is 30.7 Å². The third-order valence-electron chi connectivity index (χ3n) is 1.92. The average molecular weight is 292 g/mol. The molecule has 0 saturated carbocycles. The summed E-state index contributed by atoms with van der Waals surface area (Å²) in [6, 6.07) is 7.85. The summed E-state index contributed by atoms with van der Waals surface area (Å²) >= 11 is 3.36. The van der Waals surface area contributed by atoms with E-state index in [0.29, 0.717) is 12.6 Å². The molecule has 1 rings (SSSR count). The van der Waals surface area contributed by atoms with Crippen LogP contribution in [0.3, 0.4) is 0 Å². The maximum atomic E-state index is 11.0. The zero-order valence-electron chi connectivity index (χ0n) is 8.61. The van der Waals surface area contributed by atoms with E-state index in [1.54, 1.807) is 0 Å². The van der Waals surface area contributed by atoms with Gasteiger partial charge in [-0.15, -0.1) is 0 Å². The SMILES string of the molecule is CP(=O)(O)CCCNc1ccc(Br)cc1. The third kappa shape index (κ3) is 5.98. The summed E-state index contributed by atoms with van der Waals surface area (Å²) in [6.07, 6.45) is 1.08. The van der Waals surface area contributed by atoms with Crippen molar-refractivity contribution in [2.75, 3.05) is 24.7 Å². The highest BCUT2D eigenvalue weighted by Gasteiger charge is 2.07. The highest BCUT2D eigenvalue weighted by Crippen LogP contribution is 2.35. The molecule has 0 saturated heterocycles. The quantitative estimate of drug-likeness (QED) is 0.647. The van der Waals surface area contributed by atoms with Crippen LogP contribution in [-0.4, -0.2) is 24.3 Å². The third-order valence-corrected chi connectivity index (χ3v) is 3.60. The Balaban J connectivity index is 2.26. The smallest absolute Gasteiger partial charge is 0.197 e. The van der Waals surface area contributed by atoms with E-state index in [1.807, 2.05) is 24.3 Å². The number of anilines is 1. The van der Waals surface area contributed by atoms with Crippen LogP contribution < -0.4 is 5.32 Å². The van der Waals surface area contributed by atoms with Crippen LogP contribution >= 0.6 is 23.3 Å². The summed E-state index contributed by atoms with van der Waals surface area (Å²) in [5.74, 6) is 0. The van der Waals surface area contributed by atoms with E-state index in [9.17, 15) is 4.57 Å². The number of rotatable bonds is 5. The summed E-state index contributed by atoms with van der Waals surface area (Å²) < 4.78 is 12.0. The molecule has 0 bridgehead atoms. The van der Waals surface area contributed by atoms with Gasteiger partial charge in [0.25, 0.3) is 0 Å². The molecule has 0 heterocycles. The van der Waals surface area contributed by atoms with Crippen molar-refractivity contribution in [2.45, 2.75) is 6.42 Å². The lowest BCUT2D eigenvalue weighted by Gasteiger charge is -2.07. The van der Waals surface area contributed by atoms with Crippen molar-refractivity contribution in [2.24, 2.45) is 0 Å². The molecule has 5 heteroatoms. The maximum Gasteiger partial charge on any atom is 0.197 e. The number of benzene rings is 1. The van der Waals surface area contributed by atoms with Crippen LogP contribution in [0.5, 0.6) is 0 Å². The lowest BCUT2D eigenvalue weighted by Crippen LogP contribution is -2.03. The van der Waals surface area contributed by atoms with Gasteiger partial charge in [-0.25, -0.2) is 0 Å². The minimum Gasteiger partial charge on any atom is -0.385 e. The molecule has 0 fully saturated rings. The van der Waals surface area contributed by atoms with Gasteiger partial charge < -0.3 is 10.2 Å². The monoisotopic (exact) mass is 291 g/mol. The lowest BCUT2D eigenvalue weighted by atomic mass is 10.3. The molecule has 1 aromatic carbocycles. The van der Waals surface area contributed by atoms with Gasteiger partial charge in [0.15, 0.2) is 7.37 Å². The molecule has 0 aromatic heterocycles. The molecule has 0 aliphatic carbocycles. The molecule has 0 spiro atoms. The van der Waals surface area contributed by atoms with Gasteiger partial charge >= 0.3 is 0 Å². The van der Waals surface area contributed by atoms with Gasteiger partial charge in [0.05, 0.1) is 0 Å². The van der Waals surface area contributed by atoms with E-state index in [2.05, 4.69) is 21.2 Å². The van der Waals surface area contributed by atoms with E-state index in [0.717, 1.165) is 16.7 Å². The highest BCUT2D eigenvalue weighted by atomic mass is 79.9. The largest absolute Gasteiger partial charge is 0.385 e. The Labute approximate surface area is 98.5 Å². The second-order valence-electron chi connectivity index (χ2n) is 3.56. The molecule has 2 N–H and O–H groups in total. The van der Waals surface area contributed by atoms with E-state index in [1.165, 1.54) is 6.66 Å². The van der Waals surface area contributed by atoms with E-state index in [4.69, 9.17) is 4.89 Å². The molecule has 15 heavy (non-hydrogen) atoms. The first-order chi connectivity index (χ1) is 6.97. The summed E-state index contributed by atoms with van der Waals surface area (Å²) in [5.41, 5.74) is 1.03. The van der Waals surface area contributed by atoms with Crippen LogP contribution in [0.2, 0.25) is 0 Å². The van der Waals surface area contributed by atoms with Crippen LogP contribution in [0.4, 0.5) is 5.69 Å². The predicted octanol–water partition coefficient (Wildman–Crippen LogP) is 3.15. The fraction of sp³-hybridized carbons (Fsp3) is 0.400. The Hall–Kier alpha value is -0.310. The Bertz CT molecular complexity index is 347. The highest BCUT2D eigenvalue weighted by molar-refractivity contribution is 9.10. The second kappa shape index (κ2) is 5.69. The first kappa shape index (κ1) is 12.8. The molecule has 0 amide bonds. The van der Waals surface area contributed by atoms with Crippen molar-refractivity contribution in [3.8, 4) is 0 Å². The normalized spacial score (nSPS) is 14.6. The summed E-state index contributed by atoms with van der Waals surface area (Å²) in [4.78, 5) is 9.07. The zero-order chi connectivity index (χ0) is 11.3. The van der Waals surface area contributed by atoms with Crippen molar-refractivity contribution >= 4 is 29.0 Å². The Morgan fingerprint density at radius 3 is 2.53 bits per heavy atom. The van der Waals surface area contributed by atoms with Crippen LogP contribution in [0.1, 0.15) is 6.42 Å². The topological polar surface area (TPSA) is 49.3 Å². The van der Waals surface area contributed by atoms with Crippen molar-refractivity contribution in [1.82, 2.24) is 0 Å². The average Bonchev–Trinajstić information content (AvgIpc) is 2.14. The number of hydrogen-bond donors (Lipinski definition) is 2. The van der Waals surface area contributed by atoms with Crippen molar-refractivity contribution in [3.05, 3.63) is 28.7 Å². The lowest BCUT2D eigenvalue weighted by molar-refractivity contribution is 0.483. The molecule has 1 unspecified atom stereocenters. The molecule has 0 aliphatic rings. The van der Waals surface area contributed by atoms with Crippen molar-refractivity contribution < 1.29 is 9.46 Å². The number of nitrogens with one attached hydrogen (secondary N) is 1. The zero-order valence-corrected chi connectivity index (χ0v) is 11.1. The van der Waals surface area contributed by atoms with Crippen LogP contribution in [0.25, 0.3) is 0 Å². The molecule has 1 aromatic rings. The standard InChI is InChI=1S/C10H15BrNO2P/c1-15(13,14)8-2-7-12-10-5-3-9(11)4-6-10/h3-6,12H,2,7-8H2,1H3,(H,13,14). The molecule has 0 aliphatic heterocycles. The predicted molar refractivity (Wildman–Crippen MR) is 67.9 cm³/mol. The van der Waals surface area contributed by atoms with Crippen LogP contribution in [0.15, 0.2) is 28.7 Å². The molecular weight excluding hydrogens is 277 g/mol. The second-order valence-corrected chi connectivity index (χ2v) is 7.03. The van der Waals surface area contributed by atoms with E-state index >= 15 is 0 Å². The molecule has 0 radical (unpaired) electrons. The molecule has 1 atom stereocenters. The van der Waals surface area contributed by atoms with E-state index in [-0.39, 0.29) is 0 Å². The Morgan fingerprint density at radius 2 is 2.00 bits per heavy atom. The fourth-order valence-electron chi connectivity index (χ4n) is 1.17. The van der Waals surface area contributed by atoms with Crippen LogP contribution in [0, 0.1) is 0 Å². The summed E-state index contributed by atoms with van der Waals surface area (Å²) in [6.45, 7) is 2.12. The van der Waals surface area contributed by atoms with Crippen molar-refractivity contribution in [3.63, 3.8) is 0 Å². The maximum absolute atomic E-state index is 11.0. The Kier molecular flexibility index (Phi) is 4.84. The van der Waals surface area contributed by atoms with Gasteiger partial charge in [0.1, 0.15) is 0 Å². The minimum atomic E-state index is -2.84. The van der Waals surface area contributed by atoms with Gasteiger partial charge in [0, 0.05) is 29.5 Å². The molecular formula is C10H15BrNO2P. The molecule has 84 valence electrons. The van der Waals surface area contributed by atoms with Gasteiger partial charge in [-0.3, -0.25) is 4.57 Å². The molecule has 3 nitrogen and oxygen atoms in total. The van der Waals surface area contributed by atoms with Gasteiger partial charge in [0.2, 0.25) is 0 Å². The summed E-state index contributed by atoms with van der Waals surface area (Å²) in [7, 11) is -2.84. The number of hydrogen-bond acceptors (Lipinski definition) is 2. The number of halogens is 1. The first-order valence-electron chi connectivity index (χ1n) is 4.76. The fourth-order valence-corrected chi connectivity index (χ4v) is 2.18.